The van der Waals surface area contributed by atoms with Crippen LogP contribution in [0.15, 0.2) is 22.6 Å². The normalized spacial score (nSPS) is 12.4. The van der Waals surface area contributed by atoms with Crippen LogP contribution in [0, 0.1) is 0 Å². The minimum atomic E-state index is -0.362. The standard InChI is InChI=1S/C11H11N3O3/c1-6(12)10-13-14-11(17-10)8-2-7(5-15)3-9(16)4-8/h2-6,16H,12H2,1H3/t6-/m0/s1. The van der Waals surface area contributed by atoms with Crippen LogP contribution in [-0.2, 0) is 0 Å². The number of hydrogen-bond acceptors (Lipinski definition) is 6. The molecule has 0 fully saturated rings. The van der Waals surface area contributed by atoms with Crippen LogP contribution in [0.5, 0.6) is 5.75 Å². The van der Waals surface area contributed by atoms with E-state index in [1.807, 2.05) is 0 Å². The summed E-state index contributed by atoms with van der Waals surface area (Å²) in [4.78, 5) is 10.7. The van der Waals surface area contributed by atoms with Gasteiger partial charge in [0.15, 0.2) is 0 Å². The topological polar surface area (TPSA) is 102 Å². The zero-order chi connectivity index (χ0) is 12.4. The SMILES string of the molecule is C[C@H](N)c1nnc(-c2cc(O)cc(C=O)c2)o1. The Kier molecular flexibility index (Phi) is 2.88. The van der Waals surface area contributed by atoms with Crippen LogP contribution in [-0.4, -0.2) is 21.6 Å². The van der Waals surface area contributed by atoms with E-state index in [4.69, 9.17) is 10.2 Å². The van der Waals surface area contributed by atoms with E-state index in [0.29, 0.717) is 23.3 Å². The molecule has 0 aliphatic heterocycles. The number of nitrogens with two attached hydrogens (primary N) is 1. The van der Waals surface area contributed by atoms with Crippen LogP contribution >= 0.6 is 0 Å². The maximum atomic E-state index is 10.7. The predicted molar refractivity (Wildman–Crippen MR) is 59.4 cm³/mol. The number of benzene rings is 1. The molecule has 0 unspecified atom stereocenters. The Morgan fingerprint density at radius 1 is 1.41 bits per heavy atom. The summed E-state index contributed by atoms with van der Waals surface area (Å²) in [7, 11) is 0. The smallest absolute Gasteiger partial charge is 0.247 e. The lowest BCUT2D eigenvalue weighted by Crippen LogP contribution is -2.04. The van der Waals surface area contributed by atoms with Gasteiger partial charge in [0.1, 0.15) is 12.0 Å². The zero-order valence-electron chi connectivity index (χ0n) is 9.12. The molecule has 17 heavy (non-hydrogen) atoms. The molecule has 0 radical (unpaired) electrons. The van der Waals surface area contributed by atoms with E-state index in [1.54, 1.807) is 13.0 Å². The summed E-state index contributed by atoms with van der Waals surface area (Å²) < 4.78 is 5.31. The summed E-state index contributed by atoms with van der Waals surface area (Å²) >= 11 is 0. The number of carbonyl (C=O) groups excluding carboxylic acids is 1. The van der Waals surface area contributed by atoms with E-state index in [2.05, 4.69) is 10.2 Å². The molecule has 3 N–H and O–H groups in total. The Bertz CT molecular complexity index is 549. The minimum Gasteiger partial charge on any atom is -0.508 e. The maximum absolute atomic E-state index is 10.7. The summed E-state index contributed by atoms with van der Waals surface area (Å²) in [5.41, 5.74) is 6.40. The summed E-state index contributed by atoms with van der Waals surface area (Å²) in [6.07, 6.45) is 0.631. The highest BCUT2D eigenvalue weighted by atomic mass is 16.4. The molecule has 88 valence electrons. The van der Waals surface area contributed by atoms with Gasteiger partial charge in [-0.05, 0) is 25.1 Å². The molecule has 1 aromatic carbocycles. The molecule has 0 saturated carbocycles. The molecule has 1 aromatic heterocycles. The van der Waals surface area contributed by atoms with Crippen molar-refractivity contribution < 1.29 is 14.3 Å². The van der Waals surface area contributed by atoms with E-state index in [9.17, 15) is 9.90 Å². The molecule has 6 heteroatoms. The average Bonchev–Trinajstić information content (AvgIpc) is 2.77. The highest BCUT2D eigenvalue weighted by molar-refractivity contribution is 5.78. The summed E-state index contributed by atoms with van der Waals surface area (Å²) in [5.74, 6) is 0.484. The molecule has 6 nitrogen and oxygen atoms in total. The molecule has 0 aliphatic rings. The Hall–Kier alpha value is -2.21. The first kappa shape index (κ1) is 11.3. The van der Waals surface area contributed by atoms with Gasteiger partial charge in [-0.2, -0.15) is 0 Å². The van der Waals surface area contributed by atoms with E-state index >= 15 is 0 Å². The highest BCUT2D eigenvalue weighted by Crippen LogP contribution is 2.24. The lowest BCUT2D eigenvalue weighted by Gasteiger charge is -1.99. The van der Waals surface area contributed by atoms with Gasteiger partial charge in [-0.1, -0.05) is 0 Å². The van der Waals surface area contributed by atoms with Crippen LogP contribution in [0.4, 0.5) is 0 Å². The Morgan fingerprint density at radius 2 is 2.18 bits per heavy atom. The Balaban J connectivity index is 2.44. The minimum absolute atomic E-state index is 0.0369. The second kappa shape index (κ2) is 4.34. The Morgan fingerprint density at radius 3 is 2.76 bits per heavy atom. The van der Waals surface area contributed by atoms with Crippen molar-refractivity contribution in [1.29, 1.82) is 0 Å². The molecule has 0 aliphatic carbocycles. The van der Waals surface area contributed by atoms with Crippen LogP contribution in [0.3, 0.4) is 0 Å². The van der Waals surface area contributed by atoms with Crippen molar-refractivity contribution in [1.82, 2.24) is 10.2 Å². The van der Waals surface area contributed by atoms with E-state index in [-0.39, 0.29) is 17.7 Å². The number of hydrogen-bond donors (Lipinski definition) is 2. The third-order valence-electron chi connectivity index (χ3n) is 2.15. The second-order valence-corrected chi connectivity index (χ2v) is 3.67. The van der Waals surface area contributed by atoms with Crippen molar-refractivity contribution in [2.24, 2.45) is 5.73 Å². The summed E-state index contributed by atoms with van der Waals surface area (Å²) in [5, 5.41) is 17.0. The third-order valence-corrected chi connectivity index (χ3v) is 2.15. The van der Waals surface area contributed by atoms with Crippen LogP contribution < -0.4 is 5.73 Å². The fraction of sp³-hybridized carbons (Fsp3) is 0.182. The number of rotatable bonds is 3. The van der Waals surface area contributed by atoms with Gasteiger partial charge < -0.3 is 15.3 Å². The molecule has 0 amide bonds. The second-order valence-electron chi connectivity index (χ2n) is 3.67. The molecule has 0 bridgehead atoms. The van der Waals surface area contributed by atoms with Crippen molar-refractivity contribution >= 4 is 6.29 Å². The van der Waals surface area contributed by atoms with Gasteiger partial charge in [-0.3, -0.25) is 4.79 Å². The van der Waals surface area contributed by atoms with Gasteiger partial charge in [0, 0.05) is 11.1 Å². The van der Waals surface area contributed by atoms with Gasteiger partial charge in [0.2, 0.25) is 11.8 Å². The van der Waals surface area contributed by atoms with Gasteiger partial charge >= 0.3 is 0 Å². The number of phenols is 1. The molecular weight excluding hydrogens is 222 g/mol. The number of phenolic OH excluding ortho intramolecular Hbond substituents is 1. The number of carbonyl (C=O) groups is 1. The molecule has 2 rings (SSSR count). The quantitative estimate of drug-likeness (QED) is 0.774. The molecule has 1 heterocycles. The first-order chi connectivity index (χ1) is 8.10. The first-order valence-electron chi connectivity index (χ1n) is 4.98. The van der Waals surface area contributed by atoms with Crippen molar-refractivity contribution in [3.63, 3.8) is 0 Å². The number of nitrogens with zero attached hydrogens (tertiary/aromatic N) is 2. The fourth-order valence-corrected chi connectivity index (χ4v) is 1.36. The zero-order valence-corrected chi connectivity index (χ0v) is 9.12. The maximum Gasteiger partial charge on any atom is 0.247 e. The molecule has 2 aromatic rings. The van der Waals surface area contributed by atoms with Gasteiger partial charge in [-0.25, -0.2) is 0 Å². The molecule has 0 saturated heterocycles. The molecular formula is C11H11N3O3. The van der Waals surface area contributed by atoms with E-state index < -0.39 is 0 Å². The fourth-order valence-electron chi connectivity index (χ4n) is 1.36. The van der Waals surface area contributed by atoms with E-state index in [1.165, 1.54) is 12.1 Å². The van der Waals surface area contributed by atoms with Crippen molar-refractivity contribution in [2.75, 3.05) is 0 Å². The first-order valence-corrected chi connectivity index (χ1v) is 4.98. The summed E-state index contributed by atoms with van der Waals surface area (Å²) in [6.45, 7) is 1.72. The Labute approximate surface area is 97.1 Å². The van der Waals surface area contributed by atoms with Crippen LogP contribution in [0.1, 0.15) is 29.2 Å². The predicted octanol–water partition coefficient (Wildman–Crippen LogP) is 1.27. The largest absolute Gasteiger partial charge is 0.508 e. The third kappa shape index (κ3) is 2.31. The number of aromatic hydroxyl groups is 1. The van der Waals surface area contributed by atoms with E-state index in [0.717, 1.165) is 0 Å². The van der Waals surface area contributed by atoms with Gasteiger partial charge in [-0.15, -0.1) is 10.2 Å². The molecule has 1 atom stereocenters. The van der Waals surface area contributed by atoms with Crippen LogP contribution in [0.25, 0.3) is 11.5 Å². The highest BCUT2D eigenvalue weighted by Gasteiger charge is 2.12. The van der Waals surface area contributed by atoms with Gasteiger partial charge in [0.25, 0.3) is 0 Å². The number of aromatic nitrogens is 2. The lowest BCUT2D eigenvalue weighted by atomic mass is 10.1. The van der Waals surface area contributed by atoms with Gasteiger partial charge in [0.05, 0.1) is 6.04 Å². The average molecular weight is 233 g/mol. The number of aldehydes is 1. The monoisotopic (exact) mass is 233 g/mol. The van der Waals surface area contributed by atoms with Crippen molar-refractivity contribution in [2.45, 2.75) is 13.0 Å². The van der Waals surface area contributed by atoms with Crippen molar-refractivity contribution in [3.05, 3.63) is 29.7 Å². The summed E-state index contributed by atoms with van der Waals surface area (Å²) in [6, 6.07) is 3.97. The van der Waals surface area contributed by atoms with Crippen molar-refractivity contribution in [3.8, 4) is 17.2 Å². The lowest BCUT2D eigenvalue weighted by molar-refractivity contribution is 0.112. The van der Waals surface area contributed by atoms with Crippen LogP contribution in [0.2, 0.25) is 0 Å². The molecule has 0 spiro atoms.